The number of nitrogens with zero attached hydrogens (tertiary/aromatic N) is 3. The molecule has 1 fully saturated rings. The second-order valence-corrected chi connectivity index (χ2v) is 6.65. The number of nitrogens with one attached hydrogen (secondary N) is 1. The quantitative estimate of drug-likeness (QED) is 0.794. The summed E-state index contributed by atoms with van der Waals surface area (Å²) in [6.45, 7) is 4.09. The number of benzene rings is 1. The summed E-state index contributed by atoms with van der Waals surface area (Å²) in [5.74, 6) is 0.383. The lowest BCUT2D eigenvalue weighted by Crippen LogP contribution is -2.16. The average molecular weight is 332 g/mol. The summed E-state index contributed by atoms with van der Waals surface area (Å²) in [4.78, 5) is 16.8. The highest BCUT2D eigenvalue weighted by molar-refractivity contribution is 5.96. The summed E-state index contributed by atoms with van der Waals surface area (Å²) in [5.41, 5.74) is 5.10. The van der Waals surface area contributed by atoms with Crippen molar-refractivity contribution in [3.05, 3.63) is 71.8 Å². The van der Waals surface area contributed by atoms with Gasteiger partial charge < -0.3 is 5.32 Å². The maximum atomic E-state index is 12.7. The first kappa shape index (κ1) is 15.6. The molecule has 0 bridgehead atoms. The van der Waals surface area contributed by atoms with Crippen molar-refractivity contribution >= 4 is 11.6 Å². The molecule has 126 valence electrons. The maximum Gasteiger partial charge on any atom is 0.228 e. The normalized spacial score (nSPS) is 18.8. The van der Waals surface area contributed by atoms with Crippen molar-refractivity contribution in [3.63, 3.8) is 0 Å². The van der Waals surface area contributed by atoms with E-state index in [1.54, 1.807) is 23.3 Å². The third-order valence-corrected chi connectivity index (χ3v) is 4.73. The van der Waals surface area contributed by atoms with Gasteiger partial charge in [-0.15, -0.1) is 0 Å². The molecular weight excluding hydrogens is 312 g/mol. The lowest BCUT2D eigenvalue weighted by Gasteiger charge is -2.11. The van der Waals surface area contributed by atoms with Gasteiger partial charge in [-0.25, -0.2) is 4.68 Å². The molecule has 2 atom stereocenters. The number of aryl methyl sites for hydroxylation is 2. The Morgan fingerprint density at radius 2 is 2.04 bits per heavy atom. The highest BCUT2D eigenvalue weighted by atomic mass is 16.2. The van der Waals surface area contributed by atoms with Crippen molar-refractivity contribution < 1.29 is 4.79 Å². The highest BCUT2D eigenvalue weighted by Crippen LogP contribution is 2.49. The molecule has 2 heterocycles. The number of carbonyl (C=O) groups excluding carboxylic acids is 1. The van der Waals surface area contributed by atoms with Crippen molar-refractivity contribution in [2.75, 3.05) is 5.32 Å². The summed E-state index contributed by atoms with van der Waals surface area (Å²) in [6, 6.07) is 10.1. The van der Waals surface area contributed by atoms with Crippen LogP contribution in [0.3, 0.4) is 0 Å². The van der Waals surface area contributed by atoms with Crippen molar-refractivity contribution in [2.45, 2.75) is 26.2 Å². The Labute approximate surface area is 146 Å². The lowest BCUT2D eigenvalue weighted by atomic mass is 10.0. The first-order valence-electron chi connectivity index (χ1n) is 8.45. The fourth-order valence-electron chi connectivity index (χ4n) is 3.28. The molecule has 2 aromatic heterocycles. The minimum absolute atomic E-state index is 0.0218. The molecule has 1 aromatic carbocycles. The van der Waals surface area contributed by atoms with Gasteiger partial charge in [-0.05, 0) is 48.9 Å². The zero-order valence-corrected chi connectivity index (χ0v) is 14.3. The van der Waals surface area contributed by atoms with E-state index in [0.717, 1.165) is 17.7 Å². The predicted octanol–water partition coefficient (Wildman–Crippen LogP) is 3.63. The van der Waals surface area contributed by atoms with E-state index in [1.165, 1.54) is 11.1 Å². The number of anilines is 1. The molecule has 0 radical (unpaired) electrons. The Bertz CT molecular complexity index is 931. The van der Waals surface area contributed by atoms with Gasteiger partial charge in [0.05, 0.1) is 23.8 Å². The van der Waals surface area contributed by atoms with Gasteiger partial charge in [0.2, 0.25) is 5.91 Å². The molecule has 5 nitrogen and oxygen atoms in total. The van der Waals surface area contributed by atoms with Gasteiger partial charge in [0.1, 0.15) is 0 Å². The SMILES string of the molecule is Cc1cnn(-c2ccncc2NC(=O)[C@H]2C[C@H]2c2ccccc2C)c1. The first-order valence-corrected chi connectivity index (χ1v) is 8.45. The van der Waals surface area contributed by atoms with E-state index >= 15 is 0 Å². The number of hydrogen-bond donors (Lipinski definition) is 1. The molecule has 0 spiro atoms. The van der Waals surface area contributed by atoms with Gasteiger partial charge in [-0.1, -0.05) is 24.3 Å². The molecule has 4 rings (SSSR count). The molecule has 0 unspecified atom stereocenters. The third kappa shape index (κ3) is 3.05. The Morgan fingerprint density at radius 3 is 2.80 bits per heavy atom. The van der Waals surface area contributed by atoms with Crippen LogP contribution in [0.2, 0.25) is 0 Å². The molecule has 1 saturated carbocycles. The molecule has 1 N–H and O–H groups in total. The second kappa shape index (κ2) is 6.16. The van der Waals surface area contributed by atoms with Gasteiger partial charge >= 0.3 is 0 Å². The minimum Gasteiger partial charge on any atom is -0.323 e. The largest absolute Gasteiger partial charge is 0.323 e. The van der Waals surface area contributed by atoms with Crippen LogP contribution in [-0.2, 0) is 4.79 Å². The number of aromatic nitrogens is 3. The van der Waals surface area contributed by atoms with E-state index in [4.69, 9.17) is 0 Å². The van der Waals surface area contributed by atoms with Crippen LogP contribution in [0.4, 0.5) is 5.69 Å². The zero-order chi connectivity index (χ0) is 17.4. The molecule has 1 amide bonds. The second-order valence-electron chi connectivity index (χ2n) is 6.65. The van der Waals surface area contributed by atoms with E-state index in [0.29, 0.717) is 11.6 Å². The average Bonchev–Trinajstić information content (AvgIpc) is 3.29. The van der Waals surface area contributed by atoms with Gasteiger partial charge in [-0.3, -0.25) is 9.78 Å². The summed E-state index contributed by atoms with van der Waals surface area (Å²) in [6.07, 6.45) is 8.00. The smallest absolute Gasteiger partial charge is 0.228 e. The van der Waals surface area contributed by atoms with Crippen LogP contribution in [0.1, 0.15) is 29.0 Å². The van der Waals surface area contributed by atoms with Gasteiger partial charge in [0.15, 0.2) is 0 Å². The van der Waals surface area contributed by atoms with Crippen LogP contribution in [0.25, 0.3) is 5.69 Å². The predicted molar refractivity (Wildman–Crippen MR) is 96.8 cm³/mol. The number of rotatable bonds is 4. The van der Waals surface area contributed by atoms with Crippen LogP contribution >= 0.6 is 0 Å². The number of hydrogen-bond acceptors (Lipinski definition) is 3. The molecule has 0 aliphatic heterocycles. The first-order chi connectivity index (χ1) is 12.1. The van der Waals surface area contributed by atoms with Crippen LogP contribution in [-0.4, -0.2) is 20.7 Å². The fourth-order valence-corrected chi connectivity index (χ4v) is 3.28. The molecular formula is C20H20N4O. The molecule has 25 heavy (non-hydrogen) atoms. The van der Waals surface area contributed by atoms with Gasteiger partial charge in [-0.2, -0.15) is 5.10 Å². The highest BCUT2D eigenvalue weighted by Gasteiger charge is 2.44. The number of pyridine rings is 1. The van der Waals surface area contributed by atoms with E-state index in [9.17, 15) is 4.79 Å². The monoisotopic (exact) mass is 332 g/mol. The molecule has 3 aromatic rings. The lowest BCUT2D eigenvalue weighted by molar-refractivity contribution is -0.117. The van der Waals surface area contributed by atoms with Crippen molar-refractivity contribution in [2.24, 2.45) is 5.92 Å². The summed E-state index contributed by atoms with van der Waals surface area (Å²) in [7, 11) is 0. The molecule has 1 aliphatic carbocycles. The molecule has 5 heteroatoms. The number of carbonyl (C=O) groups is 1. The summed E-state index contributed by atoms with van der Waals surface area (Å²) >= 11 is 0. The molecule has 1 aliphatic rings. The van der Waals surface area contributed by atoms with Crippen LogP contribution in [0.5, 0.6) is 0 Å². The summed E-state index contributed by atoms with van der Waals surface area (Å²) < 4.78 is 1.76. The fraction of sp³-hybridized carbons (Fsp3) is 0.250. The topological polar surface area (TPSA) is 59.8 Å². The Balaban J connectivity index is 1.52. The Morgan fingerprint density at radius 1 is 1.20 bits per heavy atom. The van der Waals surface area contributed by atoms with Crippen molar-refractivity contribution in [3.8, 4) is 5.69 Å². The zero-order valence-electron chi connectivity index (χ0n) is 14.3. The molecule has 0 saturated heterocycles. The Kier molecular flexibility index (Phi) is 3.84. The maximum absolute atomic E-state index is 12.7. The van der Waals surface area contributed by atoms with Crippen LogP contribution in [0, 0.1) is 19.8 Å². The van der Waals surface area contributed by atoms with E-state index in [-0.39, 0.29) is 11.8 Å². The number of amides is 1. The van der Waals surface area contributed by atoms with E-state index < -0.39 is 0 Å². The van der Waals surface area contributed by atoms with E-state index in [1.807, 2.05) is 31.3 Å². The third-order valence-electron chi connectivity index (χ3n) is 4.73. The van der Waals surface area contributed by atoms with Crippen LogP contribution in [0.15, 0.2) is 55.1 Å². The standard InChI is InChI=1S/C20H20N4O/c1-13-10-22-24(12-13)19-7-8-21-11-18(19)23-20(25)17-9-16(17)15-6-4-3-5-14(15)2/h3-8,10-12,16-17H,9H2,1-2H3,(H,23,25)/t16-,17-/m0/s1. The van der Waals surface area contributed by atoms with Gasteiger partial charge in [0, 0.05) is 18.3 Å². The summed E-state index contributed by atoms with van der Waals surface area (Å²) in [5, 5.41) is 7.36. The minimum atomic E-state index is 0.0218. The Hall–Kier alpha value is -2.95. The van der Waals surface area contributed by atoms with Crippen molar-refractivity contribution in [1.82, 2.24) is 14.8 Å². The van der Waals surface area contributed by atoms with E-state index in [2.05, 4.69) is 34.5 Å². The van der Waals surface area contributed by atoms with Crippen LogP contribution < -0.4 is 5.32 Å². The van der Waals surface area contributed by atoms with Gasteiger partial charge in [0.25, 0.3) is 0 Å². The van der Waals surface area contributed by atoms with Crippen molar-refractivity contribution in [1.29, 1.82) is 0 Å².